The van der Waals surface area contributed by atoms with Crippen LogP contribution in [0, 0.1) is 0 Å². The first-order chi connectivity index (χ1) is 6.95. The monoisotopic (exact) mass is 250 g/mol. The maximum atomic E-state index is 11.3. The first-order valence-electron chi connectivity index (χ1n) is 3.87. The van der Waals surface area contributed by atoms with Crippen molar-refractivity contribution in [2.75, 3.05) is 11.8 Å². The highest BCUT2D eigenvalue weighted by molar-refractivity contribution is 7.89. The zero-order valence-corrected chi connectivity index (χ0v) is 9.43. The molecular weight excluding hydrogens is 240 g/mol. The van der Waals surface area contributed by atoms with Gasteiger partial charge in [0.2, 0.25) is 10.0 Å². The number of sulfonamides is 1. The quantitative estimate of drug-likeness (QED) is 0.662. The molecule has 8 heteroatoms. The molecule has 0 aliphatic carbocycles. The molecule has 0 heterocycles. The van der Waals surface area contributed by atoms with Crippen molar-refractivity contribution < 1.29 is 17.2 Å². The van der Waals surface area contributed by atoms with Crippen molar-refractivity contribution in [2.45, 2.75) is 4.90 Å². The van der Waals surface area contributed by atoms with Gasteiger partial charge in [0.15, 0.2) is 0 Å². The molecule has 3 N–H and O–H groups in total. The first kappa shape index (κ1) is 12.1. The highest BCUT2D eigenvalue weighted by Crippen LogP contribution is 2.13. The minimum absolute atomic E-state index is 0.0965. The molecule has 0 spiro atoms. The van der Waals surface area contributed by atoms with E-state index in [4.69, 9.17) is 4.55 Å². The molecule has 0 aliphatic rings. The van der Waals surface area contributed by atoms with E-state index in [9.17, 15) is 12.6 Å². The Kier molecular flexibility index (Phi) is 3.80. The fourth-order valence-corrected chi connectivity index (χ4v) is 1.99. The molecule has 6 nitrogen and oxygen atoms in total. The zero-order valence-electron chi connectivity index (χ0n) is 7.80. The molecule has 0 bridgehead atoms. The van der Waals surface area contributed by atoms with Crippen LogP contribution in [-0.2, 0) is 21.3 Å². The van der Waals surface area contributed by atoms with Crippen LogP contribution in [-0.4, -0.2) is 24.2 Å². The van der Waals surface area contributed by atoms with Gasteiger partial charge in [0.05, 0.1) is 4.90 Å². The minimum Gasteiger partial charge on any atom is -0.289 e. The Morgan fingerprint density at radius 3 is 2.20 bits per heavy atom. The lowest BCUT2D eigenvalue weighted by Crippen LogP contribution is -2.18. The SMILES string of the molecule is CNS(=O)(=O)c1ccc(NS(=O)O)cc1. The van der Waals surface area contributed by atoms with Crippen LogP contribution in [0.15, 0.2) is 29.2 Å². The molecule has 0 radical (unpaired) electrons. The van der Waals surface area contributed by atoms with Crippen molar-refractivity contribution in [2.24, 2.45) is 0 Å². The summed E-state index contributed by atoms with van der Waals surface area (Å²) in [5, 5.41) is 0. The first-order valence-corrected chi connectivity index (χ1v) is 6.46. The summed E-state index contributed by atoms with van der Waals surface area (Å²) >= 11 is -2.16. The smallest absolute Gasteiger partial charge is 0.259 e. The Labute approximate surface area is 90.2 Å². The van der Waals surface area contributed by atoms with E-state index in [-0.39, 0.29) is 4.90 Å². The van der Waals surface area contributed by atoms with Gasteiger partial charge in [0, 0.05) is 5.69 Å². The van der Waals surface area contributed by atoms with Gasteiger partial charge >= 0.3 is 0 Å². The summed E-state index contributed by atoms with van der Waals surface area (Å²) in [6.07, 6.45) is 0. The van der Waals surface area contributed by atoms with Crippen LogP contribution in [0.3, 0.4) is 0 Å². The van der Waals surface area contributed by atoms with Gasteiger partial charge in [0.1, 0.15) is 0 Å². The molecule has 0 saturated carbocycles. The molecule has 0 fully saturated rings. The maximum Gasteiger partial charge on any atom is 0.259 e. The third kappa shape index (κ3) is 3.27. The predicted octanol–water partition coefficient (Wildman–Crippen LogP) is 0.143. The number of nitrogens with one attached hydrogen (secondary N) is 2. The second-order valence-corrected chi connectivity index (χ2v) is 5.17. The molecule has 1 aromatic carbocycles. The van der Waals surface area contributed by atoms with Crippen molar-refractivity contribution in [3.8, 4) is 0 Å². The molecule has 1 atom stereocenters. The van der Waals surface area contributed by atoms with Crippen LogP contribution in [0.4, 0.5) is 5.69 Å². The molecule has 15 heavy (non-hydrogen) atoms. The van der Waals surface area contributed by atoms with E-state index >= 15 is 0 Å². The second-order valence-electron chi connectivity index (χ2n) is 2.58. The summed E-state index contributed by atoms with van der Waals surface area (Å²) in [6.45, 7) is 0. The van der Waals surface area contributed by atoms with E-state index in [2.05, 4.69) is 9.44 Å². The van der Waals surface area contributed by atoms with E-state index < -0.39 is 21.3 Å². The van der Waals surface area contributed by atoms with Crippen molar-refractivity contribution in [1.82, 2.24) is 4.72 Å². The Morgan fingerprint density at radius 1 is 1.27 bits per heavy atom. The van der Waals surface area contributed by atoms with Gasteiger partial charge < -0.3 is 0 Å². The average molecular weight is 250 g/mol. The van der Waals surface area contributed by atoms with Crippen LogP contribution in [0.5, 0.6) is 0 Å². The van der Waals surface area contributed by atoms with Gasteiger partial charge in [-0.05, 0) is 31.3 Å². The lowest BCUT2D eigenvalue weighted by Gasteiger charge is -2.04. The Bertz CT molecular complexity index is 454. The van der Waals surface area contributed by atoms with Gasteiger partial charge in [0.25, 0.3) is 11.3 Å². The van der Waals surface area contributed by atoms with E-state index in [0.717, 1.165) is 0 Å². The number of hydrogen-bond donors (Lipinski definition) is 3. The van der Waals surface area contributed by atoms with E-state index in [1.54, 1.807) is 0 Å². The Balaban J connectivity index is 2.95. The molecule has 1 unspecified atom stereocenters. The van der Waals surface area contributed by atoms with E-state index in [1.807, 2.05) is 0 Å². The highest BCUT2D eigenvalue weighted by atomic mass is 32.2. The maximum absolute atomic E-state index is 11.3. The minimum atomic E-state index is -3.46. The molecule has 1 aromatic rings. The lowest BCUT2D eigenvalue weighted by molar-refractivity contribution is 0.570. The summed E-state index contributed by atoms with van der Waals surface area (Å²) in [6, 6.07) is 5.47. The normalized spacial score (nSPS) is 13.5. The third-order valence-electron chi connectivity index (χ3n) is 1.64. The van der Waals surface area contributed by atoms with Crippen LogP contribution < -0.4 is 9.44 Å². The second kappa shape index (κ2) is 4.71. The number of hydrogen-bond acceptors (Lipinski definition) is 3. The van der Waals surface area contributed by atoms with Crippen molar-refractivity contribution >= 4 is 27.0 Å². The molecule has 84 valence electrons. The van der Waals surface area contributed by atoms with Gasteiger partial charge in [-0.3, -0.25) is 9.27 Å². The van der Waals surface area contributed by atoms with Crippen LogP contribution in [0.1, 0.15) is 0 Å². The van der Waals surface area contributed by atoms with Crippen molar-refractivity contribution in [1.29, 1.82) is 0 Å². The van der Waals surface area contributed by atoms with Crippen LogP contribution >= 0.6 is 0 Å². The summed E-state index contributed by atoms with van der Waals surface area (Å²) in [5.74, 6) is 0. The fourth-order valence-electron chi connectivity index (χ4n) is 0.921. The lowest BCUT2D eigenvalue weighted by atomic mass is 10.3. The zero-order chi connectivity index (χ0) is 11.5. The topological polar surface area (TPSA) is 95.5 Å². The van der Waals surface area contributed by atoms with Gasteiger partial charge in [-0.1, -0.05) is 0 Å². The van der Waals surface area contributed by atoms with Gasteiger partial charge in [-0.2, -0.15) is 0 Å². The van der Waals surface area contributed by atoms with E-state index in [1.165, 1.54) is 31.3 Å². The summed E-state index contributed by atoms with van der Waals surface area (Å²) in [5.41, 5.74) is 0.367. The largest absolute Gasteiger partial charge is 0.289 e. The van der Waals surface area contributed by atoms with Gasteiger partial charge in [-0.15, -0.1) is 0 Å². The predicted molar refractivity (Wildman–Crippen MR) is 57.1 cm³/mol. The number of anilines is 1. The molecular formula is C7H10N2O4S2. The van der Waals surface area contributed by atoms with Crippen molar-refractivity contribution in [3.63, 3.8) is 0 Å². The van der Waals surface area contributed by atoms with E-state index in [0.29, 0.717) is 5.69 Å². The molecule has 0 aromatic heterocycles. The summed E-state index contributed by atoms with van der Waals surface area (Å²) in [4.78, 5) is 0.0965. The van der Waals surface area contributed by atoms with Crippen LogP contribution in [0.25, 0.3) is 0 Å². The van der Waals surface area contributed by atoms with Crippen molar-refractivity contribution in [3.05, 3.63) is 24.3 Å². The molecule has 1 rings (SSSR count). The number of benzene rings is 1. The average Bonchev–Trinajstić information content (AvgIpc) is 2.18. The van der Waals surface area contributed by atoms with Crippen LogP contribution in [0.2, 0.25) is 0 Å². The molecule has 0 saturated heterocycles. The molecule has 0 aliphatic heterocycles. The summed E-state index contributed by atoms with van der Waals surface area (Å²) in [7, 11) is -2.15. The Hall–Kier alpha value is -0.960. The fraction of sp³-hybridized carbons (Fsp3) is 0.143. The standard InChI is InChI=1S/C7H10N2O4S2/c1-8-15(12,13)7-4-2-6(3-5-7)9-14(10)11/h2-5,8-9H,1H3,(H,10,11). The highest BCUT2D eigenvalue weighted by Gasteiger charge is 2.10. The van der Waals surface area contributed by atoms with Gasteiger partial charge in [-0.25, -0.2) is 17.3 Å². The number of rotatable bonds is 4. The molecule has 0 amide bonds. The Morgan fingerprint density at radius 2 is 1.80 bits per heavy atom. The third-order valence-corrected chi connectivity index (χ3v) is 3.48. The summed E-state index contributed by atoms with van der Waals surface area (Å²) < 4.78 is 45.8.